The van der Waals surface area contributed by atoms with E-state index in [9.17, 15) is 30.7 Å². The maximum atomic E-state index is 12.7. The zero-order valence-electron chi connectivity index (χ0n) is 8.44. The van der Waals surface area contributed by atoms with Gasteiger partial charge in [0.25, 0.3) is 6.10 Å². The molecule has 0 aliphatic carbocycles. The van der Waals surface area contributed by atoms with Gasteiger partial charge >= 0.3 is 12.4 Å². The number of hydrogen-bond acceptors (Lipinski definition) is 2. The Bertz CT molecular complexity index is 392. The summed E-state index contributed by atoms with van der Waals surface area (Å²) in [6.45, 7) is 0. The minimum atomic E-state index is -5.67. The second kappa shape index (κ2) is 4.54. The van der Waals surface area contributed by atoms with Crippen molar-refractivity contribution in [1.29, 1.82) is 0 Å². The number of halogens is 7. The molecule has 1 aromatic rings. The molecule has 0 radical (unpaired) electrons. The largest absolute Gasteiger partial charge is 0.471 e. The van der Waals surface area contributed by atoms with Crippen molar-refractivity contribution in [3.05, 3.63) is 24.0 Å². The lowest BCUT2D eigenvalue weighted by molar-refractivity contribution is -0.299. The fourth-order valence-electron chi connectivity index (χ4n) is 1.11. The van der Waals surface area contributed by atoms with E-state index in [1.165, 1.54) is 0 Å². The molecular formula is C9H6F7NO. The van der Waals surface area contributed by atoms with Crippen LogP contribution in [0.5, 0.6) is 5.75 Å². The summed E-state index contributed by atoms with van der Waals surface area (Å²) in [6.07, 6.45) is -15.4. The molecule has 0 saturated heterocycles. The van der Waals surface area contributed by atoms with Crippen molar-refractivity contribution in [2.75, 3.05) is 5.73 Å². The number of nitrogens with two attached hydrogens (primary N) is 1. The predicted molar refractivity (Wildman–Crippen MR) is 47.3 cm³/mol. The van der Waals surface area contributed by atoms with Crippen molar-refractivity contribution in [3.8, 4) is 5.75 Å². The zero-order valence-corrected chi connectivity index (χ0v) is 8.44. The van der Waals surface area contributed by atoms with E-state index >= 15 is 0 Å². The second-order valence-electron chi connectivity index (χ2n) is 3.30. The van der Waals surface area contributed by atoms with E-state index in [-0.39, 0.29) is 5.69 Å². The molecule has 0 unspecified atom stereocenters. The monoisotopic (exact) mass is 277 g/mol. The van der Waals surface area contributed by atoms with Crippen molar-refractivity contribution in [2.24, 2.45) is 0 Å². The molecule has 0 amide bonds. The summed E-state index contributed by atoms with van der Waals surface area (Å²) >= 11 is 0. The summed E-state index contributed by atoms with van der Waals surface area (Å²) in [6, 6.07) is 1.76. The van der Waals surface area contributed by atoms with Crippen LogP contribution in [0.2, 0.25) is 0 Å². The number of ether oxygens (including phenoxy) is 1. The maximum absolute atomic E-state index is 12.7. The van der Waals surface area contributed by atoms with Crippen molar-refractivity contribution in [1.82, 2.24) is 0 Å². The van der Waals surface area contributed by atoms with E-state index < -0.39 is 30.0 Å². The molecule has 0 bridgehead atoms. The summed E-state index contributed by atoms with van der Waals surface area (Å²) < 4.78 is 89.3. The van der Waals surface area contributed by atoms with Gasteiger partial charge in [-0.1, -0.05) is 0 Å². The predicted octanol–water partition coefficient (Wildman–Crippen LogP) is 3.28. The molecule has 0 aliphatic rings. The van der Waals surface area contributed by atoms with Crippen molar-refractivity contribution in [3.63, 3.8) is 0 Å². The average Bonchev–Trinajstić information content (AvgIpc) is 2.08. The van der Waals surface area contributed by atoms with E-state index in [0.29, 0.717) is 12.1 Å². The van der Waals surface area contributed by atoms with Gasteiger partial charge in [-0.3, -0.25) is 0 Å². The third-order valence-electron chi connectivity index (χ3n) is 1.74. The lowest BCUT2D eigenvalue weighted by Gasteiger charge is -2.23. The number of nitrogen functional groups attached to an aromatic ring is 1. The first-order valence-electron chi connectivity index (χ1n) is 4.36. The van der Waals surface area contributed by atoms with Crippen molar-refractivity contribution in [2.45, 2.75) is 18.5 Å². The molecule has 1 rings (SSSR count). The molecule has 0 spiro atoms. The maximum Gasteiger partial charge on any atom is 0.434 e. The van der Waals surface area contributed by atoms with Crippen LogP contribution >= 0.6 is 0 Å². The molecule has 0 aromatic heterocycles. The quantitative estimate of drug-likeness (QED) is 0.665. The molecule has 18 heavy (non-hydrogen) atoms. The minimum Gasteiger partial charge on any atom is -0.471 e. The summed E-state index contributed by atoms with van der Waals surface area (Å²) in [7, 11) is 0. The molecular weight excluding hydrogens is 271 g/mol. The number of hydrogen-bond donors (Lipinski definition) is 1. The molecule has 2 nitrogen and oxygen atoms in total. The molecule has 1 aromatic carbocycles. The highest BCUT2D eigenvalue weighted by atomic mass is 19.4. The van der Waals surface area contributed by atoms with Crippen LogP contribution < -0.4 is 10.5 Å². The van der Waals surface area contributed by atoms with Gasteiger partial charge in [-0.15, -0.1) is 0 Å². The van der Waals surface area contributed by atoms with Crippen LogP contribution in [0.4, 0.5) is 36.4 Å². The van der Waals surface area contributed by atoms with E-state index in [1.54, 1.807) is 0 Å². The van der Waals surface area contributed by atoms with Crippen LogP contribution in [-0.2, 0) is 0 Å². The van der Waals surface area contributed by atoms with Gasteiger partial charge in [-0.25, -0.2) is 4.39 Å². The van der Waals surface area contributed by atoms with E-state index in [0.717, 1.165) is 6.07 Å². The Hall–Kier alpha value is -1.67. The lowest BCUT2D eigenvalue weighted by Crippen LogP contribution is -2.46. The van der Waals surface area contributed by atoms with Crippen LogP contribution in [0.1, 0.15) is 0 Å². The fraction of sp³-hybridized carbons (Fsp3) is 0.333. The SMILES string of the molecule is Nc1cc(F)cc(OC(C(F)(F)F)C(F)(F)F)c1. The van der Waals surface area contributed by atoms with Crippen LogP contribution in [-0.4, -0.2) is 18.5 Å². The first-order chi connectivity index (χ1) is 8.00. The fourth-order valence-corrected chi connectivity index (χ4v) is 1.11. The van der Waals surface area contributed by atoms with Gasteiger partial charge in [0.15, 0.2) is 0 Å². The van der Waals surface area contributed by atoms with Gasteiger partial charge in [0.2, 0.25) is 0 Å². The Kier molecular flexibility index (Phi) is 3.63. The lowest BCUT2D eigenvalue weighted by atomic mass is 10.3. The molecule has 0 saturated carbocycles. The van der Waals surface area contributed by atoms with Gasteiger partial charge in [0.05, 0.1) is 0 Å². The van der Waals surface area contributed by atoms with Crippen LogP contribution in [0.25, 0.3) is 0 Å². The number of rotatable bonds is 2. The van der Waals surface area contributed by atoms with E-state index in [4.69, 9.17) is 5.73 Å². The first kappa shape index (κ1) is 14.4. The standard InChI is InChI=1S/C9H6F7NO/c10-4-1-5(17)3-6(2-4)18-7(8(11,12)13)9(14,15)16/h1-3,7H,17H2. The highest BCUT2D eigenvalue weighted by molar-refractivity contribution is 5.44. The molecule has 102 valence electrons. The topological polar surface area (TPSA) is 35.2 Å². The summed E-state index contributed by atoms with van der Waals surface area (Å²) in [5.41, 5.74) is 4.72. The number of benzene rings is 1. The Labute approximate surface area is 96.1 Å². The van der Waals surface area contributed by atoms with Crippen LogP contribution in [0.15, 0.2) is 18.2 Å². The second-order valence-corrected chi connectivity index (χ2v) is 3.30. The normalized spacial score (nSPS) is 12.9. The van der Waals surface area contributed by atoms with Crippen molar-refractivity contribution >= 4 is 5.69 Å². The highest BCUT2D eigenvalue weighted by Crippen LogP contribution is 2.36. The van der Waals surface area contributed by atoms with Gasteiger partial charge < -0.3 is 10.5 Å². The van der Waals surface area contributed by atoms with Gasteiger partial charge in [0.1, 0.15) is 11.6 Å². The first-order valence-corrected chi connectivity index (χ1v) is 4.36. The highest BCUT2D eigenvalue weighted by Gasteiger charge is 2.59. The zero-order chi connectivity index (χ0) is 14.1. The number of anilines is 1. The van der Waals surface area contributed by atoms with Crippen LogP contribution in [0.3, 0.4) is 0 Å². The van der Waals surface area contributed by atoms with Gasteiger partial charge in [-0.05, 0) is 6.07 Å². The number of alkyl halides is 6. The van der Waals surface area contributed by atoms with Crippen molar-refractivity contribution < 1.29 is 35.5 Å². The van der Waals surface area contributed by atoms with Gasteiger partial charge in [-0.2, -0.15) is 26.3 Å². The summed E-state index contributed by atoms with van der Waals surface area (Å²) in [4.78, 5) is 0. The Morgan fingerprint density at radius 3 is 1.83 bits per heavy atom. The average molecular weight is 277 g/mol. The smallest absolute Gasteiger partial charge is 0.434 e. The Morgan fingerprint density at radius 2 is 1.44 bits per heavy atom. The molecule has 0 aliphatic heterocycles. The molecule has 9 heteroatoms. The van der Waals surface area contributed by atoms with Crippen LogP contribution in [0, 0.1) is 5.82 Å². The van der Waals surface area contributed by atoms with Gasteiger partial charge in [0, 0.05) is 17.8 Å². The minimum absolute atomic E-state index is 0.354. The molecule has 0 fully saturated rings. The summed E-state index contributed by atoms with van der Waals surface area (Å²) in [5.74, 6) is -2.06. The molecule has 0 atom stereocenters. The van der Waals surface area contributed by atoms with E-state index in [2.05, 4.69) is 4.74 Å². The van der Waals surface area contributed by atoms with E-state index in [1.807, 2.05) is 0 Å². The third-order valence-corrected chi connectivity index (χ3v) is 1.74. The molecule has 2 N–H and O–H groups in total. The Morgan fingerprint density at radius 1 is 0.944 bits per heavy atom. The molecule has 0 heterocycles. The summed E-state index contributed by atoms with van der Waals surface area (Å²) in [5, 5.41) is 0. The third kappa shape index (κ3) is 3.67. The Balaban J connectivity index is 3.04.